The Balaban J connectivity index is 1.83. The first kappa shape index (κ1) is 44.4. The van der Waals surface area contributed by atoms with Crippen LogP contribution in [0.5, 0.6) is 0 Å². The van der Waals surface area contributed by atoms with Crippen LogP contribution in [0.15, 0.2) is 12.7 Å². The third-order valence-corrected chi connectivity index (χ3v) is 12.9. The van der Waals surface area contributed by atoms with Crippen LogP contribution in [0.2, 0.25) is 0 Å². The van der Waals surface area contributed by atoms with Crippen molar-refractivity contribution in [2.24, 2.45) is 34.0 Å². The predicted molar refractivity (Wildman–Crippen MR) is 207 cm³/mol. The summed E-state index contributed by atoms with van der Waals surface area (Å²) < 4.78 is 27.4. The summed E-state index contributed by atoms with van der Waals surface area (Å²) in [5.41, 5.74) is -1.50. The number of nitrogens with one attached hydrogen (secondary N) is 4. The molecule has 1 unspecified atom stereocenters. The number of likely N-dealkylation sites (tertiary alicyclic amines) is 1. The molecule has 3 aliphatic rings. The van der Waals surface area contributed by atoms with Gasteiger partial charge in [0.05, 0.1) is 12.3 Å². The van der Waals surface area contributed by atoms with E-state index in [0.29, 0.717) is 19.5 Å². The highest BCUT2D eigenvalue weighted by molar-refractivity contribution is 7.88. The molecule has 1 aliphatic heterocycles. The molecule has 0 radical (unpaired) electrons. The molecule has 0 aromatic rings. The van der Waals surface area contributed by atoms with E-state index in [9.17, 15) is 32.4 Å². The van der Waals surface area contributed by atoms with Crippen LogP contribution in [0.3, 0.4) is 0 Å². The first-order valence-electron chi connectivity index (χ1n) is 19.5. The van der Waals surface area contributed by atoms with E-state index in [1.165, 1.54) is 21.5 Å². The fourth-order valence-electron chi connectivity index (χ4n) is 8.05. The van der Waals surface area contributed by atoms with Crippen molar-refractivity contribution in [3.63, 3.8) is 0 Å². The van der Waals surface area contributed by atoms with E-state index < -0.39 is 74.6 Å². The maximum absolute atomic E-state index is 14.5. The number of rotatable bonds is 17. The smallest absolute Gasteiger partial charge is 0.315 e. The number of fused-ring (bicyclic) bond motifs is 1. The van der Waals surface area contributed by atoms with Crippen LogP contribution >= 0.6 is 0 Å². The van der Waals surface area contributed by atoms with Crippen LogP contribution in [0, 0.1) is 34.0 Å². The summed E-state index contributed by atoms with van der Waals surface area (Å²) in [6.07, 6.45) is 9.59. The van der Waals surface area contributed by atoms with Gasteiger partial charge in [-0.15, -0.1) is 6.58 Å². The zero-order valence-electron chi connectivity index (χ0n) is 34.0. The summed E-state index contributed by atoms with van der Waals surface area (Å²) in [6.45, 7) is 21.9. The Morgan fingerprint density at radius 1 is 0.962 bits per heavy atom. The number of urea groups is 1. The van der Waals surface area contributed by atoms with Gasteiger partial charge in [0, 0.05) is 32.2 Å². The molecule has 0 aromatic heterocycles. The molecule has 14 heteroatoms. The average Bonchev–Trinajstić information content (AvgIpc) is 3.36. The van der Waals surface area contributed by atoms with Gasteiger partial charge in [-0.25, -0.2) is 13.2 Å². The highest BCUT2D eigenvalue weighted by atomic mass is 32.2. The maximum atomic E-state index is 14.5. The van der Waals surface area contributed by atoms with Crippen molar-refractivity contribution in [3.05, 3.63) is 12.7 Å². The van der Waals surface area contributed by atoms with Crippen molar-refractivity contribution < 1.29 is 32.4 Å². The number of sulfonamides is 1. The van der Waals surface area contributed by atoms with E-state index in [0.717, 1.165) is 38.5 Å². The normalized spacial score (nSPS) is 23.3. The lowest BCUT2D eigenvalue weighted by Crippen LogP contribution is -2.63. The maximum Gasteiger partial charge on any atom is 0.315 e. The topological polar surface area (TPSA) is 174 Å². The standard InChI is InChI=1S/C39H68N6O7S/c1-12-14-20-27(31(46)34(48)40-21-13-2)41-33(47)30-29-26(39(29,9)10)23-45(30)35(49)32(38(6,7)8)43-36(50)42-28(37(3,4)5)24-44(53(11,51)52)22-25-18-16-15-17-19-25/h13,25-30,32H,2,12,14-24H2,1,3-11H3,(H,40,48)(H,41,47)(H2,42,43,50)/t26-,27?,28+,29-,30-,32+/m0/s1. The number of hydrogen-bond donors (Lipinski definition) is 4. The van der Waals surface area contributed by atoms with Crippen molar-refractivity contribution in [2.75, 3.05) is 32.4 Å². The van der Waals surface area contributed by atoms with E-state index >= 15 is 0 Å². The number of carbonyl (C=O) groups excluding carboxylic acids is 5. The summed E-state index contributed by atoms with van der Waals surface area (Å²) in [6, 6.07) is -4.15. The molecule has 302 valence electrons. The monoisotopic (exact) mass is 764 g/mol. The summed E-state index contributed by atoms with van der Waals surface area (Å²) in [5, 5.41) is 11.2. The minimum absolute atomic E-state index is 0.0498. The molecule has 5 amide bonds. The van der Waals surface area contributed by atoms with Gasteiger partial charge < -0.3 is 26.2 Å². The van der Waals surface area contributed by atoms with Crippen LogP contribution < -0.4 is 21.3 Å². The molecule has 0 spiro atoms. The quantitative estimate of drug-likeness (QED) is 0.128. The minimum Gasteiger partial charge on any atom is -0.346 e. The van der Waals surface area contributed by atoms with Gasteiger partial charge in [-0.2, -0.15) is 4.31 Å². The third-order valence-electron chi connectivity index (χ3n) is 11.7. The molecular weight excluding hydrogens is 697 g/mol. The van der Waals surface area contributed by atoms with Gasteiger partial charge in [-0.05, 0) is 53.3 Å². The second-order valence-electron chi connectivity index (χ2n) is 18.4. The Kier molecular flexibility index (Phi) is 14.8. The number of piperidine rings is 1. The number of carbonyl (C=O) groups is 5. The second kappa shape index (κ2) is 17.6. The molecule has 1 heterocycles. The molecular formula is C39H68N6O7S. The van der Waals surface area contributed by atoms with Crippen molar-refractivity contribution in [2.45, 2.75) is 138 Å². The van der Waals surface area contributed by atoms with Gasteiger partial charge in [-0.3, -0.25) is 19.2 Å². The first-order chi connectivity index (χ1) is 24.4. The third kappa shape index (κ3) is 11.5. The molecule has 2 saturated carbocycles. The molecule has 3 rings (SSSR count). The number of amides is 5. The van der Waals surface area contributed by atoms with Gasteiger partial charge in [0.2, 0.25) is 27.6 Å². The van der Waals surface area contributed by atoms with Crippen molar-refractivity contribution in [1.82, 2.24) is 30.5 Å². The molecule has 13 nitrogen and oxygen atoms in total. The van der Waals surface area contributed by atoms with Crippen molar-refractivity contribution in [3.8, 4) is 0 Å². The molecule has 53 heavy (non-hydrogen) atoms. The summed E-state index contributed by atoms with van der Waals surface area (Å²) in [4.78, 5) is 69.7. The Hall–Kier alpha value is -3.00. The first-order valence-corrected chi connectivity index (χ1v) is 21.4. The summed E-state index contributed by atoms with van der Waals surface area (Å²) in [7, 11) is -3.56. The Morgan fingerprint density at radius 2 is 1.58 bits per heavy atom. The van der Waals surface area contributed by atoms with Gasteiger partial charge in [0.15, 0.2) is 0 Å². The SMILES string of the molecule is C=CCNC(=O)C(=O)C(CCCC)NC(=O)[C@@H]1[C@@H]2[C@H](CN1C(=O)[C@@H](NC(=O)N[C@H](CN(CC1CCCCC1)S(C)(=O)=O)C(C)(C)C)C(C)(C)C)C2(C)C. The zero-order valence-corrected chi connectivity index (χ0v) is 34.8. The van der Waals surface area contributed by atoms with Crippen molar-refractivity contribution in [1.29, 1.82) is 0 Å². The van der Waals surface area contributed by atoms with Gasteiger partial charge in [0.1, 0.15) is 12.1 Å². The summed E-state index contributed by atoms with van der Waals surface area (Å²) >= 11 is 0. The van der Waals surface area contributed by atoms with E-state index in [2.05, 4.69) is 41.7 Å². The van der Waals surface area contributed by atoms with Crippen LogP contribution in [-0.2, 0) is 29.2 Å². The molecule has 1 saturated heterocycles. The molecule has 2 aliphatic carbocycles. The van der Waals surface area contributed by atoms with Crippen LogP contribution in [0.25, 0.3) is 0 Å². The van der Waals surface area contributed by atoms with E-state index in [1.807, 2.05) is 48.5 Å². The Labute approximate surface area is 318 Å². The lowest BCUT2D eigenvalue weighted by atomic mass is 9.84. The molecule has 4 N–H and O–H groups in total. The van der Waals surface area contributed by atoms with E-state index in [4.69, 9.17) is 0 Å². The summed E-state index contributed by atoms with van der Waals surface area (Å²) in [5.74, 6) is -2.30. The fraction of sp³-hybridized carbons (Fsp3) is 0.821. The van der Waals surface area contributed by atoms with Crippen LogP contribution in [0.4, 0.5) is 4.79 Å². The second-order valence-corrected chi connectivity index (χ2v) is 20.4. The highest BCUT2D eigenvalue weighted by Crippen LogP contribution is 2.65. The molecule has 3 fully saturated rings. The van der Waals surface area contributed by atoms with Crippen molar-refractivity contribution >= 4 is 39.6 Å². The highest BCUT2D eigenvalue weighted by Gasteiger charge is 2.70. The fourth-order valence-corrected chi connectivity index (χ4v) is 8.95. The van der Waals surface area contributed by atoms with Crippen LogP contribution in [-0.4, -0.2) is 104 Å². The lowest BCUT2D eigenvalue weighted by molar-refractivity contribution is -0.145. The van der Waals surface area contributed by atoms with E-state index in [1.54, 1.807) is 0 Å². The number of hydrogen-bond acceptors (Lipinski definition) is 7. The number of ketones is 1. The largest absolute Gasteiger partial charge is 0.346 e. The molecule has 6 atom stereocenters. The molecule has 0 bridgehead atoms. The minimum atomic E-state index is -3.56. The Bertz CT molecular complexity index is 1460. The Morgan fingerprint density at radius 3 is 2.11 bits per heavy atom. The van der Waals surface area contributed by atoms with Gasteiger partial charge in [0.25, 0.3) is 5.91 Å². The zero-order chi connectivity index (χ0) is 40.1. The number of unbranched alkanes of at least 4 members (excludes halogenated alkanes) is 1. The van der Waals surface area contributed by atoms with Gasteiger partial charge in [-0.1, -0.05) is 100 Å². The number of Topliss-reactive ketones (excluding diaryl/α,β-unsaturated/α-hetero) is 1. The van der Waals surface area contributed by atoms with Crippen LogP contribution in [0.1, 0.15) is 114 Å². The lowest BCUT2D eigenvalue weighted by Gasteiger charge is -2.39. The number of nitrogens with zero attached hydrogens (tertiary/aromatic N) is 2. The van der Waals surface area contributed by atoms with Gasteiger partial charge >= 0.3 is 6.03 Å². The predicted octanol–water partition coefficient (Wildman–Crippen LogP) is 3.99. The molecule has 0 aromatic carbocycles. The van der Waals surface area contributed by atoms with E-state index in [-0.39, 0.29) is 42.7 Å². The average molecular weight is 765 g/mol.